The standard InChI is InChI=1S/C14H14O.C10H20.C10H14.C8H10O3S/c1-11-3-7-13(8-4-11)15-14-9-5-12(2)6-10-14;2*1-7-5-9(3)10(4)6-8(7)2;1-6-3-4-7(2)8(5-6)12(9,10)11/h3-10H,1-2H3;7-10H,5-6H2,1-4H3;5-6H,1-4H3;3-5H,1-2H3,(H,9,10,11). The van der Waals surface area contributed by atoms with Gasteiger partial charge in [-0.2, -0.15) is 8.42 Å². The molecule has 0 aromatic heterocycles. The van der Waals surface area contributed by atoms with Gasteiger partial charge in [-0.25, -0.2) is 0 Å². The lowest BCUT2D eigenvalue weighted by Crippen LogP contribution is -2.25. The minimum absolute atomic E-state index is 0.0116. The fraction of sp³-hybridized carbons (Fsp3) is 0.429. The van der Waals surface area contributed by atoms with Crippen molar-refractivity contribution in [2.45, 2.75) is 101 Å². The lowest BCUT2D eigenvalue weighted by atomic mass is 9.71. The summed E-state index contributed by atoms with van der Waals surface area (Å²) in [4.78, 5) is -0.0116. The minimum atomic E-state index is -4.06. The molecule has 1 aliphatic rings. The quantitative estimate of drug-likeness (QED) is 0.223. The fourth-order valence-corrected chi connectivity index (χ4v) is 6.35. The number of rotatable bonds is 3. The van der Waals surface area contributed by atoms with E-state index in [0.29, 0.717) is 5.56 Å². The zero-order chi connectivity index (χ0) is 35.5. The zero-order valence-corrected chi connectivity index (χ0v) is 31.6. The van der Waals surface area contributed by atoms with Crippen molar-refractivity contribution >= 4 is 10.1 Å². The molecular formula is C42H58O4S. The van der Waals surface area contributed by atoms with Crippen molar-refractivity contribution in [1.29, 1.82) is 0 Å². The summed E-state index contributed by atoms with van der Waals surface area (Å²) in [5.74, 6) is 5.61. The Labute approximate surface area is 286 Å². The van der Waals surface area contributed by atoms with Crippen LogP contribution in [0.1, 0.15) is 85.0 Å². The number of hydrogen-bond donors (Lipinski definition) is 1. The third-order valence-corrected chi connectivity index (χ3v) is 10.4. The molecule has 47 heavy (non-hydrogen) atoms. The van der Waals surface area contributed by atoms with Gasteiger partial charge in [-0.1, -0.05) is 87.4 Å². The summed E-state index contributed by atoms with van der Waals surface area (Å²) in [6.45, 7) is 25.7. The third kappa shape index (κ3) is 13.7. The molecule has 0 bridgehead atoms. The van der Waals surface area contributed by atoms with Crippen LogP contribution in [0.5, 0.6) is 11.5 Å². The van der Waals surface area contributed by atoms with Crippen LogP contribution in [0.4, 0.5) is 0 Å². The molecule has 0 heterocycles. The molecule has 0 radical (unpaired) electrons. The summed E-state index contributed by atoms with van der Waals surface area (Å²) in [6.07, 6.45) is 2.89. The summed E-state index contributed by atoms with van der Waals surface area (Å²) in [5, 5.41) is 0. The molecule has 1 N–H and O–H groups in total. The van der Waals surface area contributed by atoms with Gasteiger partial charge >= 0.3 is 0 Å². The van der Waals surface area contributed by atoms with Crippen molar-refractivity contribution in [3.8, 4) is 11.5 Å². The second-order valence-corrected chi connectivity index (χ2v) is 15.3. The average Bonchev–Trinajstić information content (AvgIpc) is 2.99. The van der Waals surface area contributed by atoms with Crippen LogP contribution < -0.4 is 4.74 Å². The van der Waals surface area contributed by atoms with Crippen LogP contribution >= 0.6 is 0 Å². The Balaban J connectivity index is 0.000000221. The van der Waals surface area contributed by atoms with Crippen molar-refractivity contribution in [2.24, 2.45) is 23.7 Å². The highest BCUT2D eigenvalue weighted by Gasteiger charge is 2.26. The van der Waals surface area contributed by atoms with Crippen LogP contribution in [0.2, 0.25) is 0 Å². The van der Waals surface area contributed by atoms with E-state index in [0.717, 1.165) is 40.7 Å². The van der Waals surface area contributed by atoms with Crippen LogP contribution in [0.3, 0.4) is 0 Å². The summed E-state index contributed by atoms with van der Waals surface area (Å²) < 4.78 is 36.0. The topological polar surface area (TPSA) is 63.6 Å². The van der Waals surface area contributed by atoms with Crippen LogP contribution in [0.25, 0.3) is 0 Å². The molecule has 0 aliphatic heterocycles. The van der Waals surface area contributed by atoms with E-state index in [2.05, 4.69) is 81.4 Å². The highest BCUT2D eigenvalue weighted by Crippen LogP contribution is 2.36. The molecular weight excluding hydrogens is 601 g/mol. The molecule has 4 unspecified atom stereocenters. The van der Waals surface area contributed by atoms with E-state index in [1.165, 1.54) is 52.3 Å². The number of ether oxygens (including phenoxy) is 1. The molecule has 1 saturated carbocycles. The van der Waals surface area contributed by atoms with E-state index in [1.54, 1.807) is 26.0 Å². The Morgan fingerprint density at radius 3 is 1.11 bits per heavy atom. The zero-order valence-electron chi connectivity index (χ0n) is 30.8. The van der Waals surface area contributed by atoms with Gasteiger partial charge in [-0.05, 0) is 156 Å². The largest absolute Gasteiger partial charge is 0.457 e. The first-order chi connectivity index (χ1) is 21.9. The lowest BCUT2D eigenvalue weighted by Gasteiger charge is -2.35. The SMILES string of the molecule is CC1CC(C)C(C)CC1C.Cc1cc(C)c(C)cc1C.Cc1ccc(C)c(S(=O)(=O)O)c1.Cc1ccc(Oc2ccc(C)cc2)cc1. The number of aryl methyl sites for hydroxylation is 8. The third-order valence-electron chi connectivity index (χ3n) is 9.44. The predicted molar refractivity (Wildman–Crippen MR) is 199 cm³/mol. The molecule has 0 saturated heterocycles. The summed E-state index contributed by atoms with van der Waals surface area (Å²) in [7, 11) is -4.06. The number of hydrogen-bond acceptors (Lipinski definition) is 3. The van der Waals surface area contributed by atoms with Gasteiger partial charge in [-0.15, -0.1) is 0 Å². The van der Waals surface area contributed by atoms with Crippen LogP contribution in [-0.2, 0) is 10.1 Å². The fourth-order valence-electron chi connectivity index (χ4n) is 5.54. The van der Waals surface area contributed by atoms with Gasteiger partial charge in [0.25, 0.3) is 10.1 Å². The molecule has 4 atom stereocenters. The highest BCUT2D eigenvalue weighted by molar-refractivity contribution is 7.85. The summed E-state index contributed by atoms with van der Waals surface area (Å²) in [6, 6.07) is 25.5. The molecule has 4 aromatic carbocycles. The monoisotopic (exact) mass is 658 g/mol. The normalized spacial score (nSPS) is 18.7. The van der Waals surface area contributed by atoms with E-state index >= 15 is 0 Å². The van der Waals surface area contributed by atoms with Crippen LogP contribution in [0, 0.1) is 79.1 Å². The van der Waals surface area contributed by atoms with Crippen molar-refractivity contribution in [3.63, 3.8) is 0 Å². The molecule has 5 rings (SSSR count). The van der Waals surface area contributed by atoms with Gasteiger partial charge < -0.3 is 4.74 Å². The Bertz CT molecular complexity index is 1530. The first-order valence-corrected chi connectivity index (χ1v) is 18.2. The second-order valence-electron chi connectivity index (χ2n) is 13.9. The molecule has 4 nitrogen and oxygen atoms in total. The Hall–Kier alpha value is -3.41. The van der Waals surface area contributed by atoms with E-state index in [-0.39, 0.29) is 4.90 Å². The molecule has 1 aliphatic carbocycles. The van der Waals surface area contributed by atoms with Gasteiger partial charge in [0.05, 0.1) is 4.90 Å². The van der Waals surface area contributed by atoms with E-state index in [1.807, 2.05) is 48.5 Å². The van der Waals surface area contributed by atoms with Gasteiger partial charge in [0.15, 0.2) is 0 Å². The van der Waals surface area contributed by atoms with Gasteiger partial charge in [0.2, 0.25) is 0 Å². The molecule has 0 spiro atoms. The van der Waals surface area contributed by atoms with Gasteiger partial charge in [0, 0.05) is 0 Å². The van der Waals surface area contributed by atoms with Gasteiger partial charge in [-0.3, -0.25) is 4.55 Å². The smallest absolute Gasteiger partial charge is 0.294 e. The maximum atomic E-state index is 10.8. The maximum Gasteiger partial charge on any atom is 0.294 e. The van der Waals surface area contributed by atoms with Crippen molar-refractivity contribution in [1.82, 2.24) is 0 Å². The van der Waals surface area contributed by atoms with Crippen LogP contribution in [0.15, 0.2) is 83.8 Å². The Morgan fingerprint density at radius 1 is 0.489 bits per heavy atom. The van der Waals surface area contributed by atoms with Crippen LogP contribution in [-0.4, -0.2) is 13.0 Å². The average molecular weight is 659 g/mol. The van der Waals surface area contributed by atoms with Crippen molar-refractivity contribution < 1.29 is 17.7 Å². The highest BCUT2D eigenvalue weighted by atomic mass is 32.2. The Kier molecular flexibility index (Phi) is 15.4. The molecule has 1 fully saturated rings. The number of benzene rings is 4. The molecule has 256 valence electrons. The minimum Gasteiger partial charge on any atom is -0.457 e. The van der Waals surface area contributed by atoms with Crippen molar-refractivity contribution in [3.05, 3.63) is 123 Å². The summed E-state index contributed by atoms with van der Waals surface area (Å²) in [5.41, 5.74) is 9.42. The second kappa shape index (κ2) is 18.2. The first-order valence-electron chi connectivity index (χ1n) is 16.8. The van der Waals surface area contributed by atoms with E-state index in [9.17, 15) is 8.42 Å². The molecule has 0 amide bonds. The maximum absolute atomic E-state index is 10.8. The molecule has 5 heteroatoms. The molecule has 4 aromatic rings. The summed E-state index contributed by atoms with van der Waals surface area (Å²) >= 11 is 0. The van der Waals surface area contributed by atoms with Crippen molar-refractivity contribution in [2.75, 3.05) is 0 Å². The van der Waals surface area contributed by atoms with E-state index < -0.39 is 10.1 Å². The lowest BCUT2D eigenvalue weighted by molar-refractivity contribution is 0.157. The predicted octanol–water partition coefficient (Wildman–Crippen LogP) is 11.9. The Morgan fingerprint density at radius 2 is 0.809 bits per heavy atom. The first kappa shape index (κ1) is 39.8. The van der Waals surface area contributed by atoms with Gasteiger partial charge in [0.1, 0.15) is 11.5 Å². The van der Waals surface area contributed by atoms with E-state index in [4.69, 9.17) is 9.29 Å².